The molecule has 0 unspecified atom stereocenters. The Morgan fingerprint density at radius 1 is 0.150 bits per heavy atom. The summed E-state index contributed by atoms with van der Waals surface area (Å²) in [7, 11) is 0. The summed E-state index contributed by atoms with van der Waals surface area (Å²) in [5.41, 5.74) is 23.4. The van der Waals surface area contributed by atoms with Gasteiger partial charge >= 0.3 is 0 Å². The Bertz CT molecular complexity index is 3380. The molecule has 4 nitrogen and oxygen atoms in total. The predicted octanol–water partition coefficient (Wildman–Crippen LogP) is 21.8. The molecule has 12 rings (SSSR count). The molecule has 0 amide bonds. The van der Waals surface area contributed by atoms with Crippen molar-refractivity contribution in [3.8, 4) is 22.3 Å². The predicted molar refractivity (Wildman–Crippen MR) is 341 cm³/mol. The fourth-order valence-electron chi connectivity index (χ4n) is 10.4. The summed E-state index contributed by atoms with van der Waals surface area (Å²) < 4.78 is 0. The first-order chi connectivity index (χ1) is 39.3. The maximum Gasteiger partial charge on any atom is 0.0464 e. The third kappa shape index (κ3) is 12.2. The number of nitrogens with zero attached hydrogens (tertiary/aromatic N) is 4. The Hall–Kier alpha value is -10.2. The summed E-state index contributed by atoms with van der Waals surface area (Å²) in [5.74, 6) is 0. The highest BCUT2D eigenvalue weighted by atomic mass is 15.2. The summed E-state index contributed by atoms with van der Waals surface area (Å²) in [6.45, 7) is 8.54. The third-order valence-corrected chi connectivity index (χ3v) is 14.3. The van der Waals surface area contributed by atoms with Crippen LogP contribution in [-0.2, 0) is 0 Å². The fourth-order valence-corrected chi connectivity index (χ4v) is 10.4. The van der Waals surface area contributed by atoms with Gasteiger partial charge in [0.15, 0.2) is 0 Å². The molecular weight excluding hydrogens is 969 g/mol. The van der Waals surface area contributed by atoms with Crippen LogP contribution in [0.3, 0.4) is 0 Å². The van der Waals surface area contributed by atoms with Crippen molar-refractivity contribution < 1.29 is 0 Å². The first-order valence-corrected chi connectivity index (χ1v) is 27.4. The van der Waals surface area contributed by atoms with Crippen molar-refractivity contribution in [1.29, 1.82) is 0 Å². The largest absolute Gasteiger partial charge is 0.310 e. The van der Waals surface area contributed by atoms with Crippen molar-refractivity contribution in [1.82, 2.24) is 0 Å². The van der Waals surface area contributed by atoms with E-state index in [4.69, 9.17) is 0 Å². The van der Waals surface area contributed by atoms with Gasteiger partial charge in [0.2, 0.25) is 0 Å². The summed E-state index contributed by atoms with van der Waals surface area (Å²) in [6.07, 6.45) is 0. The summed E-state index contributed by atoms with van der Waals surface area (Å²) in [5, 5.41) is 0. The monoisotopic (exact) mass is 1030 g/mol. The van der Waals surface area contributed by atoms with Gasteiger partial charge in [-0.1, -0.05) is 170 Å². The second-order valence-corrected chi connectivity index (χ2v) is 20.2. The molecule has 0 aliphatic carbocycles. The van der Waals surface area contributed by atoms with Crippen LogP contribution in [0.4, 0.5) is 68.2 Å². The molecule has 0 saturated heterocycles. The zero-order valence-corrected chi connectivity index (χ0v) is 45.8. The van der Waals surface area contributed by atoms with E-state index < -0.39 is 0 Å². The fraction of sp³-hybridized carbons (Fsp3) is 0.0526. The average molecular weight is 1030 g/mol. The Labute approximate surface area is 473 Å². The van der Waals surface area contributed by atoms with Crippen molar-refractivity contribution in [2.45, 2.75) is 27.7 Å². The molecule has 0 aromatic heterocycles. The number of para-hydroxylation sites is 4. The van der Waals surface area contributed by atoms with Gasteiger partial charge < -0.3 is 19.6 Å². The molecule has 12 aromatic carbocycles. The van der Waals surface area contributed by atoms with Crippen LogP contribution in [0, 0.1) is 27.7 Å². The maximum absolute atomic E-state index is 2.31. The van der Waals surface area contributed by atoms with E-state index >= 15 is 0 Å². The van der Waals surface area contributed by atoms with Gasteiger partial charge in [0.25, 0.3) is 0 Å². The zero-order chi connectivity index (χ0) is 54.6. The van der Waals surface area contributed by atoms with Crippen molar-refractivity contribution in [2.75, 3.05) is 19.6 Å². The van der Waals surface area contributed by atoms with Crippen molar-refractivity contribution >= 4 is 68.2 Å². The van der Waals surface area contributed by atoms with Gasteiger partial charge in [-0.2, -0.15) is 0 Å². The topological polar surface area (TPSA) is 13.0 Å². The number of rotatable bonds is 14. The van der Waals surface area contributed by atoms with Crippen LogP contribution in [0.5, 0.6) is 0 Å². The first-order valence-electron chi connectivity index (χ1n) is 27.4. The van der Waals surface area contributed by atoms with Gasteiger partial charge in [-0.15, -0.1) is 0 Å². The molecule has 0 aliphatic heterocycles. The van der Waals surface area contributed by atoms with Gasteiger partial charge in [0.05, 0.1) is 0 Å². The van der Waals surface area contributed by atoms with Gasteiger partial charge in [-0.3, -0.25) is 0 Å². The normalized spacial score (nSPS) is 10.8. The van der Waals surface area contributed by atoms with Crippen molar-refractivity contribution in [3.63, 3.8) is 0 Å². The highest BCUT2D eigenvalue weighted by molar-refractivity contribution is 5.83. The lowest BCUT2D eigenvalue weighted by Crippen LogP contribution is -2.10. The quantitative estimate of drug-likeness (QED) is 0.108. The van der Waals surface area contributed by atoms with Crippen LogP contribution >= 0.6 is 0 Å². The van der Waals surface area contributed by atoms with Crippen LogP contribution in [0.25, 0.3) is 22.3 Å². The van der Waals surface area contributed by atoms with E-state index in [2.05, 4.69) is 363 Å². The minimum Gasteiger partial charge on any atom is -0.310 e. The molecule has 4 heteroatoms. The van der Waals surface area contributed by atoms with Gasteiger partial charge in [0.1, 0.15) is 0 Å². The van der Waals surface area contributed by atoms with Crippen molar-refractivity contribution in [3.05, 3.63) is 338 Å². The minimum absolute atomic E-state index is 1.13. The third-order valence-electron chi connectivity index (χ3n) is 14.3. The smallest absolute Gasteiger partial charge is 0.0464 e. The molecule has 0 saturated carbocycles. The molecular formula is C76H64N4. The lowest BCUT2D eigenvalue weighted by atomic mass is 10.0. The lowest BCUT2D eigenvalue weighted by Gasteiger charge is -2.26. The van der Waals surface area contributed by atoms with E-state index in [0.717, 1.165) is 68.2 Å². The lowest BCUT2D eigenvalue weighted by molar-refractivity contribution is 1.27. The molecule has 0 bridgehead atoms. The minimum atomic E-state index is 1.13. The molecule has 0 radical (unpaired) electrons. The second-order valence-electron chi connectivity index (χ2n) is 20.2. The van der Waals surface area contributed by atoms with Gasteiger partial charge in [0, 0.05) is 68.2 Å². The Balaban J connectivity index is 0.000000169. The van der Waals surface area contributed by atoms with E-state index in [-0.39, 0.29) is 0 Å². The highest BCUT2D eigenvalue weighted by Gasteiger charge is 2.17. The number of anilines is 12. The summed E-state index contributed by atoms with van der Waals surface area (Å²) in [6, 6.07) is 112. The Kier molecular flexibility index (Phi) is 15.9. The zero-order valence-electron chi connectivity index (χ0n) is 45.8. The maximum atomic E-state index is 2.31. The Morgan fingerprint density at radius 2 is 0.312 bits per heavy atom. The van der Waals surface area contributed by atoms with E-state index in [9.17, 15) is 0 Å². The molecule has 80 heavy (non-hydrogen) atoms. The number of hydrogen-bond donors (Lipinski definition) is 0. The van der Waals surface area contributed by atoms with E-state index in [1.807, 2.05) is 0 Å². The first kappa shape index (κ1) is 51.9. The Morgan fingerprint density at radius 3 is 0.487 bits per heavy atom. The number of aryl methyl sites for hydroxylation is 4. The molecule has 12 aromatic rings. The molecule has 388 valence electrons. The molecule has 0 fully saturated rings. The van der Waals surface area contributed by atoms with Gasteiger partial charge in [-0.05, 0) is 218 Å². The highest BCUT2D eigenvalue weighted by Crippen LogP contribution is 2.41. The van der Waals surface area contributed by atoms with Crippen LogP contribution in [0.2, 0.25) is 0 Å². The molecule has 0 N–H and O–H groups in total. The van der Waals surface area contributed by atoms with E-state index in [1.165, 1.54) is 44.5 Å². The standard InChI is InChI=1S/2C38H32N2/c2*1-29-11-9-17-37(27-29)39(33-13-5-3-6-14-33)35-23-19-31(20-24-35)32-21-25-36(26-22-32)40(34-15-7-4-8-16-34)38-18-10-12-30(2)28-38/h2*3-28H,1-2H3. The number of hydrogen-bond acceptors (Lipinski definition) is 4. The number of benzene rings is 12. The molecule has 0 aliphatic rings. The molecule has 0 heterocycles. The van der Waals surface area contributed by atoms with Gasteiger partial charge in [-0.25, -0.2) is 0 Å². The van der Waals surface area contributed by atoms with Crippen LogP contribution < -0.4 is 19.6 Å². The van der Waals surface area contributed by atoms with E-state index in [1.54, 1.807) is 0 Å². The summed E-state index contributed by atoms with van der Waals surface area (Å²) >= 11 is 0. The molecule has 0 atom stereocenters. The molecule has 0 spiro atoms. The van der Waals surface area contributed by atoms with Crippen LogP contribution in [0.15, 0.2) is 315 Å². The van der Waals surface area contributed by atoms with Crippen LogP contribution in [0.1, 0.15) is 22.3 Å². The SMILES string of the molecule is Cc1cccc(N(c2ccccc2)c2ccc(-c3ccc(N(c4ccccc4)c4cccc(C)c4)cc3)cc2)c1.Cc1cccc(N(c2ccccc2)c2ccc(-c3ccc(N(c4ccccc4)c4cccc(C)c4)cc3)cc2)c1. The summed E-state index contributed by atoms with van der Waals surface area (Å²) in [4.78, 5) is 9.22. The van der Waals surface area contributed by atoms with Crippen molar-refractivity contribution in [2.24, 2.45) is 0 Å². The second kappa shape index (κ2) is 24.4. The van der Waals surface area contributed by atoms with E-state index in [0.29, 0.717) is 0 Å². The average Bonchev–Trinajstić information content (AvgIpc) is 3.52. The van der Waals surface area contributed by atoms with Crippen LogP contribution in [-0.4, -0.2) is 0 Å².